The zero-order valence-corrected chi connectivity index (χ0v) is 12.9. The Hall–Kier alpha value is -0.870. The SMILES string of the molecule is Cn1cc2c(n1)[C@@]1(C)CCC3(OCCO3)C(C)(C)[C@H]1C2. The zero-order valence-electron chi connectivity index (χ0n) is 12.9. The molecule has 4 nitrogen and oxygen atoms in total. The number of ether oxygens (including phenoxy) is 2. The highest BCUT2D eigenvalue weighted by Crippen LogP contribution is 2.63. The van der Waals surface area contributed by atoms with Crippen LogP contribution in [0.4, 0.5) is 0 Å². The molecule has 1 spiro atoms. The molecule has 4 heteroatoms. The van der Waals surface area contributed by atoms with Gasteiger partial charge >= 0.3 is 0 Å². The number of fused-ring (bicyclic) bond motifs is 3. The van der Waals surface area contributed by atoms with Crippen LogP contribution in [0.5, 0.6) is 0 Å². The smallest absolute Gasteiger partial charge is 0.173 e. The Balaban J connectivity index is 1.79. The van der Waals surface area contributed by atoms with Gasteiger partial charge in [0.05, 0.1) is 18.9 Å². The fraction of sp³-hybridized carbons (Fsp3) is 0.812. The first-order valence-electron chi connectivity index (χ1n) is 7.70. The summed E-state index contributed by atoms with van der Waals surface area (Å²) in [6.07, 6.45) is 5.37. The van der Waals surface area contributed by atoms with Crippen LogP contribution in [0.25, 0.3) is 0 Å². The third kappa shape index (κ3) is 1.32. The predicted octanol–water partition coefficient (Wildman–Crippen LogP) is 2.41. The maximum atomic E-state index is 6.10. The molecule has 2 aliphatic carbocycles. The van der Waals surface area contributed by atoms with Gasteiger partial charge in [-0.3, -0.25) is 4.68 Å². The lowest BCUT2D eigenvalue weighted by molar-refractivity contribution is -0.272. The van der Waals surface area contributed by atoms with Crippen molar-refractivity contribution in [1.29, 1.82) is 0 Å². The normalized spacial score (nSPS) is 37.1. The molecule has 0 aromatic carbocycles. The molecule has 3 aliphatic rings. The minimum Gasteiger partial charge on any atom is -0.347 e. The molecular formula is C16H24N2O2. The number of hydrogen-bond donors (Lipinski definition) is 0. The number of hydrogen-bond acceptors (Lipinski definition) is 3. The van der Waals surface area contributed by atoms with Crippen LogP contribution in [0.2, 0.25) is 0 Å². The monoisotopic (exact) mass is 276 g/mol. The van der Waals surface area contributed by atoms with E-state index in [1.165, 1.54) is 11.3 Å². The second kappa shape index (κ2) is 3.66. The van der Waals surface area contributed by atoms with E-state index in [0.29, 0.717) is 5.92 Å². The van der Waals surface area contributed by atoms with Crippen molar-refractivity contribution in [3.63, 3.8) is 0 Å². The third-order valence-electron chi connectivity index (χ3n) is 6.22. The lowest BCUT2D eigenvalue weighted by atomic mass is 9.54. The molecular weight excluding hydrogens is 252 g/mol. The Bertz CT molecular complexity index is 557. The minimum atomic E-state index is -0.372. The fourth-order valence-electron chi connectivity index (χ4n) is 5.11. The molecule has 110 valence electrons. The van der Waals surface area contributed by atoms with Crippen LogP contribution in [-0.2, 0) is 28.4 Å². The largest absolute Gasteiger partial charge is 0.347 e. The van der Waals surface area contributed by atoms with Crippen LogP contribution < -0.4 is 0 Å². The summed E-state index contributed by atoms with van der Waals surface area (Å²) >= 11 is 0. The average molecular weight is 276 g/mol. The van der Waals surface area contributed by atoms with Crippen LogP contribution in [0.3, 0.4) is 0 Å². The Morgan fingerprint density at radius 2 is 1.90 bits per heavy atom. The van der Waals surface area contributed by atoms with Gasteiger partial charge in [0.1, 0.15) is 0 Å². The summed E-state index contributed by atoms with van der Waals surface area (Å²) < 4.78 is 14.2. The van der Waals surface area contributed by atoms with Gasteiger partial charge in [-0.05, 0) is 24.3 Å². The van der Waals surface area contributed by atoms with Gasteiger partial charge < -0.3 is 9.47 Å². The molecule has 1 aromatic rings. The Morgan fingerprint density at radius 1 is 1.20 bits per heavy atom. The Morgan fingerprint density at radius 3 is 2.60 bits per heavy atom. The maximum absolute atomic E-state index is 6.10. The molecule has 1 saturated heterocycles. The van der Waals surface area contributed by atoms with Crippen molar-refractivity contribution in [1.82, 2.24) is 9.78 Å². The van der Waals surface area contributed by atoms with Crippen LogP contribution >= 0.6 is 0 Å². The maximum Gasteiger partial charge on any atom is 0.173 e. The molecule has 0 unspecified atom stereocenters. The van der Waals surface area contributed by atoms with Crippen LogP contribution in [-0.4, -0.2) is 28.8 Å². The summed E-state index contributed by atoms with van der Waals surface area (Å²) in [6, 6.07) is 0. The van der Waals surface area contributed by atoms with Gasteiger partial charge in [-0.25, -0.2) is 0 Å². The van der Waals surface area contributed by atoms with E-state index in [0.717, 1.165) is 32.5 Å². The second-order valence-electron chi connectivity index (χ2n) is 7.52. The van der Waals surface area contributed by atoms with E-state index in [1.54, 1.807) is 0 Å². The summed E-state index contributed by atoms with van der Waals surface area (Å²) in [4.78, 5) is 0. The van der Waals surface area contributed by atoms with Gasteiger partial charge in [0, 0.05) is 30.5 Å². The van der Waals surface area contributed by atoms with E-state index in [4.69, 9.17) is 14.6 Å². The molecule has 0 amide bonds. The molecule has 0 N–H and O–H groups in total. The second-order valence-corrected chi connectivity index (χ2v) is 7.52. The summed E-state index contributed by atoms with van der Waals surface area (Å²) in [5.74, 6) is 0.170. The van der Waals surface area contributed by atoms with Crippen LogP contribution in [0.15, 0.2) is 6.20 Å². The Kier molecular flexibility index (Phi) is 2.35. The zero-order chi connectivity index (χ0) is 14.2. The van der Waals surface area contributed by atoms with Crippen molar-refractivity contribution in [2.45, 2.75) is 51.2 Å². The highest BCUT2D eigenvalue weighted by atomic mass is 16.7. The molecule has 2 heterocycles. The molecule has 0 radical (unpaired) electrons. The summed E-state index contributed by atoms with van der Waals surface area (Å²) in [6.45, 7) is 8.51. The first kappa shape index (κ1) is 12.8. The molecule has 20 heavy (non-hydrogen) atoms. The first-order valence-corrected chi connectivity index (χ1v) is 7.70. The molecule has 0 bridgehead atoms. The summed E-state index contributed by atoms with van der Waals surface area (Å²) in [7, 11) is 2.02. The van der Waals surface area contributed by atoms with Crippen molar-refractivity contribution in [3.05, 3.63) is 17.5 Å². The molecule has 4 rings (SSSR count). The predicted molar refractivity (Wildman–Crippen MR) is 75.4 cm³/mol. The molecule has 1 aliphatic heterocycles. The highest BCUT2D eigenvalue weighted by Gasteiger charge is 2.65. The average Bonchev–Trinajstić information content (AvgIpc) is 3.03. The number of nitrogens with zero attached hydrogens (tertiary/aromatic N) is 2. The van der Waals surface area contributed by atoms with E-state index in [9.17, 15) is 0 Å². The summed E-state index contributed by atoms with van der Waals surface area (Å²) in [5.41, 5.74) is 2.91. The topological polar surface area (TPSA) is 36.3 Å². The van der Waals surface area contributed by atoms with E-state index in [1.807, 2.05) is 11.7 Å². The van der Waals surface area contributed by atoms with Gasteiger partial charge in [0.2, 0.25) is 0 Å². The summed E-state index contributed by atoms with van der Waals surface area (Å²) in [5, 5.41) is 4.76. The highest BCUT2D eigenvalue weighted by molar-refractivity contribution is 5.36. The van der Waals surface area contributed by atoms with Crippen molar-refractivity contribution in [2.24, 2.45) is 18.4 Å². The van der Waals surface area contributed by atoms with Gasteiger partial charge in [-0.15, -0.1) is 0 Å². The number of rotatable bonds is 0. The van der Waals surface area contributed by atoms with E-state index >= 15 is 0 Å². The Labute approximate surface area is 120 Å². The van der Waals surface area contributed by atoms with Crippen LogP contribution in [0.1, 0.15) is 44.9 Å². The lowest BCUT2D eigenvalue weighted by Gasteiger charge is -2.55. The molecule has 1 saturated carbocycles. The third-order valence-corrected chi connectivity index (χ3v) is 6.22. The van der Waals surface area contributed by atoms with Crippen molar-refractivity contribution >= 4 is 0 Å². The number of aromatic nitrogens is 2. The van der Waals surface area contributed by atoms with Crippen molar-refractivity contribution in [3.8, 4) is 0 Å². The van der Waals surface area contributed by atoms with Crippen LogP contribution in [0, 0.1) is 11.3 Å². The number of aryl methyl sites for hydroxylation is 1. The van der Waals surface area contributed by atoms with Gasteiger partial charge in [0.25, 0.3) is 0 Å². The first-order chi connectivity index (χ1) is 9.39. The lowest BCUT2D eigenvalue weighted by Crippen LogP contribution is -2.59. The standard InChI is InChI=1S/C16H24N2O2/c1-14(2)12-9-11-10-18(4)17-13(11)15(12,3)5-6-16(14)19-7-8-20-16/h10,12H,5-9H2,1-4H3/t12-,15+/m1/s1. The molecule has 1 aromatic heterocycles. The van der Waals surface area contributed by atoms with Gasteiger partial charge in [-0.2, -0.15) is 5.10 Å². The molecule has 2 atom stereocenters. The fourth-order valence-corrected chi connectivity index (χ4v) is 5.11. The van der Waals surface area contributed by atoms with Gasteiger partial charge in [-0.1, -0.05) is 20.8 Å². The van der Waals surface area contributed by atoms with E-state index < -0.39 is 0 Å². The van der Waals surface area contributed by atoms with E-state index in [-0.39, 0.29) is 16.6 Å². The van der Waals surface area contributed by atoms with Crippen molar-refractivity contribution < 1.29 is 9.47 Å². The van der Waals surface area contributed by atoms with E-state index in [2.05, 4.69) is 27.0 Å². The van der Waals surface area contributed by atoms with Crippen molar-refractivity contribution in [2.75, 3.05) is 13.2 Å². The molecule has 2 fully saturated rings. The minimum absolute atomic E-state index is 0.0166. The quantitative estimate of drug-likeness (QED) is 0.730. The van der Waals surface area contributed by atoms with Gasteiger partial charge in [0.15, 0.2) is 5.79 Å².